The van der Waals surface area contributed by atoms with Crippen molar-refractivity contribution in [2.24, 2.45) is 5.41 Å². The summed E-state index contributed by atoms with van der Waals surface area (Å²) >= 11 is 0. The molecule has 1 atom stereocenters. The summed E-state index contributed by atoms with van der Waals surface area (Å²) in [5, 5.41) is 0. The number of allylic oxidation sites excluding steroid dienone is 1. The van der Waals surface area contributed by atoms with Gasteiger partial charge in [0, 0.05) is 13.0 Å². The molecule has 1 aromatic carbocycles. The molecular weight excluding hydrogens is 400 g/mol. The van der Waals surface area contributed by atoms with Crippen LogP contribution in [-0.2, 0) is 14.4 Å². The van der Waals surface area contributed by atoms with Crippen LogP contribution in [0, 0.1) is 5.41 Å². The number of hydrogen-bond donors (Lipinski definition) is 0. The van der Waals surface area contributed by atoms with Gasteiger partial charge in [-0.05, 0) is 61.1 Å². The molecule has 174 valence electrons. The number of carbonyl (C=O) groups is 3. The van der Waals surface area contributed by atoms with Crippen molar-refractivity contribution in [3.8, 4) is 0 Å². The third-order valence-corrected chi connectivity index (χ3v) is 6.38. The average Bonchev–Trinajstić information content (AvgIpc) is 3.01. The highest BCUT2D eigenvalue weighted by Gasteiger charge is 2.44. The molecule has 5 nitrogen and oxygen atoms in total. The van der Waals surface area contributed by atoms with E-state index in [4.69, 9.17) is 0 Å². The lowest BCUT2D eigenvalue weighted by Crippen LogP contribution is -2.47. The van der Waals surface area contributed by atoms with E-state index in [0.717, 1.165) is 24.8 Å². The highest BCUT2D eigenvalue weighted by molar-refractivity contribution is 6.23. The Morgan fingerprint density at radius 2 is 1.81 bits per heavy atom. The summed E-state index contributed by atoms with van der Waals surface area (Å²) in [7, 11) is 0. The van der Waals surface area contributed by atoms with Gasteiger partial charge in [-0.15, -0.1) is 0 Å². The number of carbonyl (C=O) groups excluding carboxylic acids is 3. The van der Waals surface area contributed by atoms with Gasteiger partial charge in [0.25, 0.3) is 5.91 Å². The fourth-order valence-electron chi connectivity index (χ4n) is 4.54. The molecule has 2 aliphatic rings. The van der Waals surface area contributed by atoms with Gasteiger partial charge >= 0.3 is 0 Å². The second-order valence-electron chi connectivity index (χ2n) is 10.7. The van der Waals surface area contributed by atoms with Crippen LogP contribution in [-0.4, -0.2) is 35.2 Å². The van der Waals surface area contributed by atoms with Gasteiger partial charge in [0.2, 0.25) is 11.8 Å². The van der Waals surface area contributed by atoms with Crippen molar-refractivity contribution in [1.29, 1.82) is 0 Å². The molecule has 1 aromatic rings. The Balaban J connectivity index is 1.81. The topological polar surface area (TPSA) is 57.7 Å². The fourth-order valence-corrected chi connectivity index (χ4v) is 4.54. The Morgan fingerprint density at radius 3 is 2.38 bits per heavy atom. The largest absolute Gasteiger partial charge is 0.330 e. The summed E-state index contributed by atoms with van der Waals surface area (Å²) in [5.41, 5.74) is 2.93. The van der Waals surface area contributed by atoms with Gasteiger partial charge in [-0.1, -0.05) is 58.4 Å². The minimum atomic E-state index is -0.716. The summed E-state index contributed by atoms with van der Waals surface area (Å²) in [6.07, 6.45) is 8.02. The maximum atomic E-state index is 13.4. The van der Waals surface area contributed by atoms with Crippen LogP contribution in [0.2, 0.25) is 0 Å². The lowest BCUT2D eigenvalue weighted by atomic mass is 9.91. The Morgan fingerprint density at radius 1 is 1.12 bits per heavy atom. The minimum absolute atomic E-state index is 0.0444. The molecule has 1 aliphatic carbocycles. The quantitative estimate of drug-likeness (QED) is 0.411. The Bertz CT molecular complexity index is 877. The van der Waals surface area contributed by atoms with Gasteiger partial charge < -0.3 is 4.90 Å². The third-order valence-electron chi connectivity index (χ3n) is 6.38. The first-order valence-electron chi connectivity index (χ1n) is 12.0. The second kappa shape index (κ2) is 10.0. The fraction of sp³-hybridized carbons (Fsp3) is 0.593. The summed E-state index contributed by atoms with van der Waals surface area (Å²) in [4.78, 5) is 42.5. The molecule has 3 amide bonds. The second-order valence-corrected chi connectivity index (χ2v) is 10.7. The van der Waals surface area contributed by atoms with E-state index in [1.54, 1.807) is 4.90 Å². The van der Waals surface area contributed by atoms with Crippen molar-refractivity contribution in [3.63, 3.8) is 0 Å². The molecule has 3 rings (SSSR count). The normalized spacial score (nSPS) is 19.5. The van der Waals surface area contributed by atoms with Crippen LogP contribution in [0.1, 0.15) is 91.0 Å². The molecule has 1 unspecified atom stereocenters. The predicted octanol–water partition coefficient (Wildman–Crippen LogP) is 5.60. The third kappa shape index (κ3) is 5.87. The summed E-state index contributed by atoms with van der Waals surface area (Å²) in [6.45, 7) is 10.8. The number of anilines is 1. The molecule has 0 bridgehead atoms. The summed E-state index contributed by atoms with van der Waals surface area (Å²) in [6, 6.07) is 6.88. The number of nitrogens with zero attached hydrogens (tertiary/aromatic N) is 2. The van der Waals surface area contributed by atoms with E-state index >= 15 is 0 Å². The molecule has 0 saturated carbocycles. The van der Waals surface area contributed by atoms with Gasteiger partial charge in [-0.25, -0.2) is 4.90 Å². The zero-order chi connectivity index (χ0) is 23.5. The van der Waals surface area contributed by atoms with E-state index in [1.165, 1.54) is 23.3 Å². The van der Waals surface area contributed by atoms with Gasteiger partial charge in [-0.3, -0.25) is 14.4 Å². The molecule has 0 spiro atoms. The predicted molar refractivity (Wildman–Crippen MR) is 128 cm³/mol. The van der Waals surface area contributed by atoms with E-state index < -0.39 is 6.04 Å². The summed E-state index contributed by atoms with van der Waals surface area (Å²) < 4.78 is 0. The molecule has 32 heavy (non-hydrogen) atoms. The number of imide groups is 1. The minimum Gasteiger partial charge on any atom is -0.330 e. The number of amides is 3. The van der Waals surface area contributed by atoms with Crippen molar-refractivity contribution in [3.05, 3.63) is 41.5 Å². The zero-order valence-corrected chi connectivity index (χ0v) is 20.3. The van der Waals surface area contributed by atoms with Crippen molar-refractivity contribution >= 4 is 23.4 Å². The number of benzene rings is 1. The van der Waals surface area contributed by atoms with E-state index in [1.807, 2.05) is 45.0 Å². The molecule has 1 saturated heterocycles. The molecular formula is C27H38N2O3. The average molecular weight is 439 g/mol. The Hall–Kier alpha value is -2.43. The number of rotatable bonds is 7. The molecule has 1 heterocycles. The van der Waals surface area contributed by atoms with Crippen LogP contribution in [0.25, 0.3) is 0 Å². The smallest absolute Gasteiger partial charge is 0.257 e. The molecule has 1 fully saturated rings. The van der Waals surface area contributed by atoms with Gasteiger partial charge in [0.05, 0.1) is 12.1 Å². The first-order valence-corrected chi connectivity index (χ1v) is 12.0. The van der Waals surface area contributed by atoms with Crippen molar-refractivity contribution in [2.45, 2.75) is 91.5 Å². The Kier molecular flexibility index (Phi) is 7.58. The van der Waals surface area contributed by atoms with Crippen molar-refractivity contribution < 1.29 is 14.4 Å². The Labute approximate surface area is 192 Å². The molecule has 1 aliphatic heterocycles. The van der Waals surface area contributed by atoms with E-state index in [9.17, 15) is 14.4 Å². The lowest BCUT2D eigenvalue weighted by molar-refractivity contribution is -0.139. The SMILES string of the molecule is CC(C)c1ccc(N2C(=O)CC(N(CCC3=CCCCC3)C(=O)CC(C)(C)C)C2=O)cc1. The van der Waals surface area contributed by atoms with Gasteiger partial charge in [0.1, 0.15) is 6.04 Å². The maximum Gasteiger partial charge on any atom is 0.257 e. The van der Waals surface area contributed by atoms with Crippen LogP contribution in [0.3, 0.4) is 0 Å². The maximum absolute atomic E-state index is 13.4. The molecule has 5 heteroatoms. The monoisotopic (exact) mass is 438 g/mol. The molecule has 0 radical (unpaired) electrons. The van der Waals surface area contributed by atoms with Crippen molar-refractivity contribution in [1.82, 2.24) is 4.90 Å². The number of hydrogen-bond acceptors (Lipinski definition) is 3. The van der Waals surface area contributed by atoms with Crippen LogP contribution < -0.4 is 4.90 Å². The van der Waals surface area contributed by atoms with Crippen LogP contribution in [0.5, 0.6) is 0 Å². The summed E-state index contributed by atoms with van der Waals surface area (Å²) in [5.74, 6) is -0.187. The van der Waals surface area contributed by atoms with Gasteiger partial charge in [-0.2, -0.15) is 0 Å². The van der Waals surface area contributed by atoms with Crippen LogP contribution in [0.4, 0.5) is 5.69 Å². The van der Waals surface area contributed by atoms with Crippen molar-refractivity contribution in [2.75, 3.05) is 11.4 Å². The van der Waals surface area contributed by atoms with Crippen LogP contribution in [0.15, 0.2) is 35.9 Å². The van der Waals surface area contributed by atoms with E-state index in [2.05, 4.69) is 19.9 Å². The van der Waals surface area contributed by atoms with Crippen LogP contribution >= 0.6 is 0 Å². The lowest BCUT2D eigenvalue weighted by Gasteiger charge is -2.31. The van der Waals surface area contributed by atoms with E-state index in [0.29, 0.717) is 24.6 Å². The standard InChI is InChI=1S/C27H38N2O3/c1-19(2)21-11-13-22(14-12-21)29-24(30)17-23(26(29)32)28(25(31)18-27(3,4)5)16-15-20-9-7-6-8-10-20/h9,11-14,19,23H,6-8,10,15-18H2,1-5H3. The first kappa shape index (κ1) is 24.2. The zero-order valence-electron chi connectivity index (χ0n) is 20.3. The first-order chi connectivity index (χ1) is 15.1. The van der Waals surface area contributed by atoms with E-state index in [-0.39, 0.29) is 29.6 Å². The van der Waals surface area contributed by atoms with Gasteiger partial charge in [0.15, 0.2) is 0 Å². The molecule has 0 aromatic heterocycles. The molecule has 0 N–H and O–H groups in total. The highest BCUT2D eigenvalue weighted by atomic mass is 16.2. The highest BCUT2D eigenvalue weighted by Crippen LogP contribution is 2.30.